The van der Waals surface area contributed by atoms with Crippen molar-refractivity contribution < 1.29 is 9.53 Å². The topological polar surface area (TPSA) is 32.8 Å². The Hall–Kier alpha value is -1.07. The van der Waals surface area contributed by atoms with E-state index in [1.54, 1.807) is 16.7 Å². The maximum Gasteiger partial charge on any atom is 0.410 e. The van der Waals surface area contributed by atoms with E-state index in [2.05, 4.69) is 43.9 Å². The van der Waals surface area contributed by atoms with Crippen molar-refractivity contribution in [1.29, 1.82) is 0 Å². The molecule has 1 aliphatic rings. The van der Waals surface area contributed by atoms with E-state index < -0.39 is 5.60 Å². The molecule has 0 spiro atoms. The molecule has 140 valence electrons. The van der Waals surface area contributed by atoms with Crippen LogP contribution < -0.4 is 4.90 Å². The molecule has 0 unspecified atom stereocenters. The van der Waals surface area contributed by atoms with Crippen molar-refractivity contribution in [3.8, 4) is 0 Å². The predicted molar refractivity (Wildman–Crippen MR) is 107 cm³/mol. The van der Waals surface area contributed by atoms with E-state index >= 15 is 0 Å². The molecule has 0 N–H and O–H groups in total. The summed E-state index contributed by atoms with van der Waals surface area (Å²) in [5.41, 5.74) is 0.579. The van der Waals surface area contributed by atoms with Gasteiger partial charge in [0, 0.05) is 35.8 Å². The van der Waals surface area contributed by atoms with Crippen molar-refractivity contribution in [3.05, 3.63) is 23.2 Å². The first-order valence-corrected chi connectivity index (χ1v) is 9.86. The van der Waals surface area contributed by atoms with Crippen LogP contribution in [0.2, 0.25) is 5.02 Å². The summed E-state index contributed by atoms with van der Waals surface area (Å²) in [7, 11) is 0. The van der Waals surface area contributed by atoms with Gasteiger partial charge in [-0.05, 0) is 32.9 Å². The molecule has 1 aliphatic heterocycles. The second-order valence-corrected chi connectivity index (χ2v) is 10.5. The van der Waals surface area contributed by atoms with Crippen LogP contribution in [0.1, 0.15) is 41.5 Å². The highest BCUT2D eigenvalue weighted by Crippen LogP contribution is 2.40. The third-order valence-electron chi connectivity index (χ3n) is 3.63. The van der Waals surface area contributed by atoms with E-state index in [1.165, 1.54) is 0 Å². The van der Waals surface area contributed by atoms with Gasteiger partial charge < -0.3 is 14.5 Å². The maximum absolute atomic E-state index is 12.2. The van der Waals surface area contributed by atoms with Gasteiger partial charge in [-0.1, -0.05) is 38.4 Å². The largest absolute Gasteiger partial charge is 0.444 e. The molecule has 0 aliphatic carbocycles. The lowest BCUT2D eigenvalue weighted by Gasteiger charge is -2.37. The van der Waals surface area contributed by atoms with Crippen LogP contribution in [0, 0.1) is 0 Å². The van der Waals surface area contributed by atoms with Crippen molar-refractivity contribution in [3.63, 3.8) is 0 Å². The number of amides is 1. The minimum Gasteiger partial charge on any atom is -0.444 e. The monoisotopic (exact) mass is 384 g/mol. The summed E-state index contributed by atoms with van der Waals surface area (Å²) in [6.45, 7) is 15.0. The molecular weight excluding hydrogens is 356 g/mol. The average molecular weight is 385 g/mol. The van der Waals surface area contributed by atoms with Gasteiger partial charge in [0.05, 0.1) is 10.7 Å². The smallest absolute Gasteiger partial charge is 0.410 e. The number of hydrogen-bond acceptors (Lipinski definition) is 4. The molecule has 1 aromatic rings. The summed E-state index contributed by atoms with van der Waals surface area (Å²) in [6, 6.07) is 6.17. The van der Waals surface area contributed by atoms with Crippen molar-refractivity contribution in [2.45, 2.75) is 56.8 Å². The molecule has 1 fully saturated rings. The van der Waals surface area contributed by atoms with Crippen LogP contribution in [0.15, 0.2) is 23.1 Å². The Morgan fingerprint density at radius 3 is 2.20 bits per heavy atom. The fraction of sp³-hybridized carbons (Fsp3) is 0.632. The third-order valence-corrected chi connectivity index (χ3v) is 5.31. The normalized spacial score (nSPS) is 16.1. The second kappa shape index (κ2) is 7.67. The Balaban J connectivity index is 2.04. The minimum atomic E-state index is -0.462. The second-order valence-electron chi connectivity index (χ2n) is 8.26. The Bertz CT molecular complexity index is 615. The van der Waals surface area contributed by atoms with E-state index in [9.17, 15) is 4.79 Å². The molecule has 0 bridgehead atoms. The van der Waals surface area contributed by atoms with Gasteiger partial charge in [0.1, 0.15) is 5.60 Å². The Labute approximate surface area is 160 Å². The number of nitrogens with zero attached hydrogens (tertiary/aromatic N) is 2. The Kier molecular flexibility index (Phi) is 6.21. The maximum atomic E-state index is 12.2. The number of thioether (sulfide) groups is 1. The summed E-state index contributed by atoms with van der Waals surface area (Å²) in [5, 5.41) is 0.799. The fourth-order valence-corrected chi connectivity index (χ4v) is 3.97. The molecule has 2 rings (SSSR count). The molecule has 0 radical (unpaired) electrons. The zero-order valence-electron chi connectivity index (χ0n) is 16.1. The summed E-state index contributed by atoms with van der Waals surface area (Å²) in [6.07, 6.45) is -0.240. The zero-order chi connectivity index (χ0) is 18.8. The third kappa shape index (κ3) is 6.00. The van der Waals surface area contributed by atoms with E-state index in [0.29, 0.717) is 13.1 Å². The number of rotatable bonds is 2. The fourth-order valence-electron chi connectivity index (χ4n) is 2.61. The molecule has 0 atom stereocenters. The van der Waals surface area contributed by atoms with Gasteiger partial charge in [0.25, 0.3) is 0 Å². The van der Waals surface area contributed by atoms with Crippen molar-refractivity contribution in [2.75, 3.05) is 31.1 Å². The molecule has 0 saturated carbocycles. The van der Waals surface area contributed by atoms with Crippen molar-refractivity contribution in [1.82, 2.24) is 4.90 Å². The minimum absolute atomic E-state index is 0.109. The highest BCUT2D eigenvalue weighted by molar-refractivity contribution is 8.00. The zero-order valence-corrected chi connectivity index (χ0v) is 17.6. The molecule has 6 heteroatoms. The van der Waals surface area contributed by atoms with Crippen LogP contribution in [-0.4, -0.2) is 47.5 Å². The average Bonchev–Trinajstić information content (AvgIpc) is 2.46. The molecular formula is C19H29ClN2O2S. The molecule has 1 heterocycles. The number of benzene rings is 1. The number of hydrogen-bond donors (Lipinski definition) is 0. The molecule has 1 amide bonds. The number of anilines is 1. The van der Waals surface area contributed by atoms with Crippen LogP contribution in [-0.2, 0) is 4.74 Å². The summed E-state index contributed by atoms with van der Waals surface area (Å²) >= 11 is 8.44. The van der Waals surface area contributed by atoms with Crippen LogP contribution in [0.25, 0.3) is 0 Å². The van der Waals surface area contributed by atoms with Gasteiger partial charge in [-0.15, -0.1) is 11.8 Å². The highest BCUT2D eigenvalue weighted by atomic mass is 35.5. The Morgan fingerprint density at radius 2 is 1.68 bits per heavy atom. The first-order chi connectivity index (χ1) is 11.5. The lowest BCUT2D eigenvalue weighted by atomic mass is 10.2. The van der Waals surface area contributed by atoms with Crippen LogP contribution in [0.3, 0.4) is 0 Å². The van der Waals surface area contributed by atoms with E-state index in [-0.39, 0.29) is 10.8 Å². The van der Waals surface area contributed by atoms with Gasteiger partial charge in [0.2, 0.25) is 0 Å². The molecule has 0 aromatic heterocycles. The number of carbonyl (C=O) groups is 1. The molecule has 4 nitrogen and oxygen atoms in total. The Morgan fingerprint density at radius 1 is 1.08 bits per heavy atom. The van der Waals surface area contributed by atoms with Gasteiger partial charge in [-0.2, -0.15) is 0 Å². The van der Waals surface area contributed by atoms with Crippen LogP contribution in [0.4, 0.5) is 10.5 Å². The number of ether oxygens (including phenoxy) is 1. The quantitative estimate of drug-likeness (QED) is 0.648. The first kappa shape index (κ1) is 20.2. The van der Waals surface area contributed by atoms with Gasteiger partial charge >= 0.3 is 6.09 Å². The van der Waals surface area contributed by atoms with E-state index in [4.69, 9.17) is 16.3 Å². The summed E-state index contributed by atoms with van der Waals surface area (Å²) < 4.78 is 5.56. The van der Waals surface area contributed by atoms with Crippen LogP contribution in [0.5, 0.6) is 0 Å². The summed E-state index contributed by atoms with van der Waals surface area (Å²) in [4.78, 5) is 17.3. The first-order valence-electron chi connectivity index (χ1n) is 8.67. The van der Waals surface area contributed by atoms with Gasteiger partial charge in [0.15, 0.2) is 0 Å². The van der Waals surface area contributed by atoms with Gasteiger partial charge in [-0.25, -0.2) is 4.79 Å². The molecule has 25 heavy (non-hydrogen) atoms. The lowest BCUT2D eigenvalue weighted by Crippen LogP contribution is -2.50. The van der Waals surface area contributed by atoms with E-state index in [0.717, 1.165) is 28.7 Å². The predicted octanol–water partition coefficient (Wildman–Crippen LogP) is 5.29. The molecule has 1 saturated heterocycles. The van der Waals surface area contributed by atoms with Crippen molar-refractivity contribution in [2.24, 2.45) is 0 Å². The highest BCUT2D eigenvalue weighted by Gasteiger charge is 2.27. The van der Waals surface area contributed by atoms with Gasteiger partial charge in [-0.3, -0.25) is 0 Å². The van der Waals surface area contributed by atoms with E-state index in [1.807, 2.05) is 20.8 Å². The SMILES string of the molecule is CC(C)(C)OC(=O)N1CCN(c2cccc(SC(C)(C)C)c2Cl)CC1. The number of halogens is 1. The van der Waals surface area contributed by atoms with Crippen molar-refractivity contribution >= 4 is 35.1 Å². The lowest BCUT2D eigenvalue weighted by molar-refractivity contribution is 0.0240. The van der Waals surface area contributed by atoms with Crippen LogP contribution >= 0.6 is 23.4 Å². The summed E-state index contributed by atoms with van der Waals surface area (Å²) in [5.74, 6) is 0. The number of piperazine rings is 1. The number of carbonyl (C=O) groups excluding carboxylic acids is 1. The standard InChI is InChI=1S/C19H29ClN2O2S/c1-18(2,3)24-17(23)22-12-10-21(11-13-22)14-8-7-9-15(16(14)20)25-19(4,5)6/h7-9H,10-13H2,1-6H3. The molecule has 1 aromatic carbocycles.